The van der Waals surface area contributed by atoms with E-state index >= 15 is 0 Å². The lowest BCUT2D eigenvalue weighted by Gasteiger charge is -2.51. The largest absolute Gasteiger partial charge is 0.374 e. The van der Waals surface area contributed by atoms with Gasteiger partial charge in [-0.3, -0.25) is 4.79 Å². The summed E-state index contributed by atoms with van der Waals surface area (Å²) < 4.78 is 41.8. The first-order chi connectivity index (χ1) is 28.1. The summed E-state index contributed by atoms with van der Waals surface area (Å²) in [5.74, 6) is -1.34. The molecule has 1 spiro atoms. The van der Waals surface area contributed by atoms with Crippen molar-refractivity contribution in [3.8, 4) is 0 Å². The number of aryl methyl sites for hydroxylation is 1. The zero-order valence-corrected chi connectivity index (χ0v) is 32.2. The molecule has 0 aliphatic carbocycles. The van der Waals surface area contributed by atoms with Gasteiger partial charge in [0, 0.05) is 11.1 Å². The molecule has 7 nitrogen and oxygen atoms in total. The molecule has 6 aromatic carbocycles. The fourth-order valence-corrected chi connectivity index (χ4v) is 7.81. The Bertz CT molecular complexity index is 2180. The average Bonchev–Trinajstić information content (AvgIpc) is 3.60. The molecule has 0 unspecified atom stereocenters. The van der Waals surface area contributed by atoms with Crippen molar-refractivity contribution in [2.45, 2.75) is 76.6 Å². The fraction of sp³-hybridized carbons (Fsp3) is 0.260. The summed E-state index contributed by atoms with van der Waals surface area (Å²) in [5.41, 5.74) is 10.1. The van der Waals surface area contributed by atoms with Crippen LogP contribution in [0.5, 0.6) is 0 Å². The fourth-order valence-electron chi connectivity index (χ4n) is 7.81. The maximum atomic E-state index is 11.4. The molecular formula is C50H48O7. The minimum absolute atomic E-state index is 0.229. The Morgan fingerprint density at radius 1 is 0.614 bits per heavy atom. The zero-order chi connectivity index (χ0) is 38.9. The van der Waals surface area contributed by atoms with Crippen molar-refractivity contribution in [1.82, 2.24) is 0 Å². The van der Waals surface area contributed by atoms with Crippen LogP contribution in [-0.4, -0.2) is 37.3 Å². The Balaban J connectivity index is 1.21. The summed E-state index contributed by atoms with van der Waals surface area (Å²) >= 11 is 0. The molecule has 2 heterocycles. The van der Waals surface area contributed by atoms with Crippen molar-refractivity contribution in [1.29, 1.82) is 0 Å². The molecule has 57 heavy (non-hydrogen) atoms. The first kappa shape index (κ1) is 38.6. The van der Waals surface area contributed by atoms with Gasteiger partial charge in [-0.25, -0.2) is 0 Å². The zero-order valence-electron chi connectivity index (χ0n) is 32.2. The number of ether oxygens (including phenoxy) is 6. The lowest BCUT2D eigenvalue weighted by molar-refractivity contribution is -0.387. The highest BCUT2D eigenvalue weighted by Gasteiger charge is 2.61. The highest BCUT2D eigenvalue weighted by atomic mass is 16.7. The second kappa shape index (κ2) is 18.3. The third-order valence-corrected chi connectivity index (χ3v) is 10.8. The van der Waals surface area contributed by atoms with E-state index < -0.39 is 30.2 Å². The number of fused-ring (bicyclic) bond motifs is 2. The van der Waals surface area contributed by atoms with Crippen molar-refractivity contribution in [2.24, 2.45) is 0 Å². The molecule has 0 N–H and O–H groups in total. The molecule has 8 rings (SSSR count). The van der Waals surface area contributed by atoms with Gasteiger partial charge < -0.3 is 28.4 Å². The number of carbonyl (C=O) groups is 1. The number of rotatable bonds is 16. The van der Waals surface area contributed by atoms with Crippen LogP contribution in [0.2, 0.25) is 0 Å². The molecular weight excluding hydrogens is 713 g/mol. The number of benzene rings is 6. The second-order valence-corrected chi connectivity index (χ2v) is 14.8. The van der Waals surface area contributed by atoms with Crippen molar-refractivity contribution >= 4 is 6.29 Å². The van der Waals surface area contributed by atoms with Gasteiger partial charge in [0.15, 0.2) is 0 Å². The van der Waals surface area contributed by atoms with Gasteiger partial charge in [0.05, 0.1) is 39.6 Å². The van der Waals surface area contributed by atoms with Crippen LogP contribution in [-0.2, 0) is 73.7 Å². The van der Waals surface area contributed by atoms with E-state index in [0.717, 1.165) is 56.4 Å². The second-order valence-electron chi connectivity index (χ2n) is 14.8. The van der Waals surface area contributed by atoms with E-state index in [2.05, 4.69) is 67.6 Å². The summed E-state index contributed by atoms with van der Waals surface area (Å²) in [6, 6.07) is 52.7. The number of aldehydes is 1. The van der Waals surface area contributed by atoms with E-state index in [9.17, 15) is 4.79 Å². The number of carbonyl (C=O) groups excluding carboxylic acids is 1. The number of hydrogen-bond acceptors (Lipinski definition) is 7. The first-order valence-electron chi connectivity index (χ1n) is 19.6. The van der Waals surface area contributed by atoms with E-state index in [1.165, 1.54) is 0 Å². The van der Waals surface area contributed by atoms with E-state index in [1.54, 1.807) is 0 Å². The molecule has 0 amide bonds. The summed E-state index contributed by atoms with van der Waals surface area (Å²) in [4.78, 5) is 11.4. The summed E-state index contributed by atoms with van der Waals surface area (Å²) in [7, 11) is 0. The van der Waals surface area contributed by atoms with Gasteiger partial charge in [0.25, 0.3) is 0 Å². The predicted molar refractivity (Wildman–Crippen MR) is 218 cm³/mol. The van der Waals surface area contributed by atoms with Crippen molar-refractivity contribution in [2.75, 3.05) is 6.61 Å². The van der Waals surface area contributed by atoms with E-state index in [1.807, 2.05) is 97.1 Å². The van der Waals surface area contributed by atoms with Crippen molar-refractivity contribution < 1.29 is 33.2 Å². The van der Waals surface area contributed by atoms with Gasteiger partial charge in [-0.1, -0.05) is 152 Å². The molecule has 0 saturated carbocycles. The van der Waals surface area contributed by atoms with Crippen LogP contribution in [0, 0.1) is 6.92 Å². The summed E-state index contributed by atoms with van der Waals surface area (Å²) in [6.45, 7) is 4.09. The van der Waals surface area contributed by atoms with E-state index in [0.29, 0.717) is 45.0 Å². The molecule has 2 aliphatic heterocycles. The predicted octanol–water partition coefficient (Wildman–Crippen LogP) is 9.45. The minimum Gasteiger partial charge on any atom is -0.374 e. The summed E-state index contributed by atoms with van der Waals surface area (Å²) in [6.07, 6.45) is -1.02. The molecule has 1 fully saturated rings. The van der Waals surface area contributed by atoms with Gasteiger partial charge in [-0.2, -0.15) is 0 Å². The Hall–Kier alpha value is -5.25. The molecule has 2 aliphatic rings. The third kappa shape index (κ3) is 9.16. The molecule has 1 saturated heterocycles. The van der Waals surface area contributed by atoms with Crippen LogP contribution in [0.1, 0.15) is 60.4 Å². The van der Waals surface area contributed by atoms with Crippen molar-refractivity contribution in [3.63, 3.8) is 0 Å². The van der Waals surface area contributed by atoms with Crippen LogP contribution < -0.4 is 0 Å². The highest BCUT2D eigenvalue weighted by Crippen LogP contribution is 2.49. The topological polar surface area (TPSA) is 72.5 Å². The standard InChI is InChI=1S/C50H48O7/c1-36-26-44-34-56-50(45(44)28-43(36)27-37-22-24-38(29-51)25-23-37)49(55-33-42-20-12-5-13-21-42)48(54-32-41-18-10-4-11-19-41)47(53-31-40-16-8-3-9-17-40)46(57-50)35-52-30-39-14-6-2-7-15-39/h2-26,28-29,46-49H,27,30-35H2,1H3/t46-,47+,48+,49-,50+/m1/s1. The minimum atomic E-state index is -1.34. The van der Waals surface area contributed by atoms with Crippen LogP contribution in [0.25, 0.3) is 0 Å². The van der Waals surface area contributed by atoms with Gasteiger partial charge in [-0.15, -0.1) is 0 Å². The molecule has 0 bridgehead atoms. The van der Waals surface area contributed by atoms with Crippen LogP contribution in [0.15, 0.2) is 158 Å². The first-order valence-corrected chi connectivity index (χ1v) is 19.6. The SMILES string of the molecule is Cc1cc2c(cc1Cc1ccc(C=O)cc1)[C@]1(OC2)O[C@H](COCc2ccccc2)[C@H](OCc2ccccc2)[C@H](OCc2ccccc2)[C@H]1OCc1ccccc1. The normalized spacial score (nSPS) is 21.4. The van der Waals surface area contributed by atoms with Crippen LogP contribution in [0.3, 0.4) is 0 Å². The third-order valence-electron chi connectivity index (χ3n) is 10.8. The van der Waals surface area contributed by atoms with Crippen molar-refractivity contribution in [3.05, 3.63) is 213 Å². The molecule has 6 aromatic rings. The lowest BCUT2D eigenvalue weighted by atomic mass is 9.84. The van der Waals surface area contributed by atoms with Gasteiger partial charge in [0.1, 0.15) is 30.7 Å². The summed E-state index contributed by atoms with van der Waals surface area (Å²) in [5, 5.41) is 0. The maximum absolute atomic E-state index is 11.4. The Morgan fingerprint density at radius 2 is 1.14 bits per heavy atom. The monoisotopic (exact) mass is 760 g/mol. The van der Waals surface area contributed by atoms with Gasteiger partial charge in [0.2, 0.25) is 5.79 Å². The quantitative estimate of drug-likeness (QED) is 0.0911. The highest BCUT2D eigenvalue weighted by molar-refractivity contribution is 5.74. The number of hydrogen-bond donors (Lipinski definition) is 0. The molecule has 7 heteroatoms. The van der Waals surface area contributed by atoms with Gasteiger partial charge in [-0.05, 0) is 63.9 Å². The van der Waals surface area contributed by atoms with Gasteiger partial charge >= 0.3 is 0 Å². The smallest absolute Gasteiger partial charge is 0.225 e. The van der Waals surface area contributed by atoms with Crippen LogP contribution in [0.4, 0.5) is 0 Å². The molecule has 0 radical (unpaired) electrons. The average molecular weight is 761 g/mol. The lowest BCUT2D eigenvalue weighted by Crippen LogP contribution is -2.65. The van der Waals surface area contributed by atoms with E-state index in [4.69, 9.17) is 28.4 Å². The van der Waals surface area contributed by atoms with Crippen LogP contribution >= 0.6 is 0 Å². The Labute approximate surface area is 335 Å². The molecule has 0 aromatic heterocycles. The van der Waals surface area contributed by atoms with E-state index in [-0.39, 0.29) is 6.61 Å². The Kier molecular flexibility index (Phi) is 12.4. The maximum Gasteiger partial charge on any atom is 0.225 e. The Morgan fingerprint density at radius 3 is 1.70 bits per heavy atom. The molecule has 290 valence electrons. The molecule has 5 atom stereocenters.